The first-order chi connectivity index (χ1) is 9.16. The smallest absolute Gasteiger partial charge is 0.292 e. The Labute approximate surface area is 123 Å². The third kappa shape index (κ3) is 3.97. The van der Waals surface area contributed by atoms with Gasteiger partial charge in [0.1, 0.15) is 0 Å². The highest BCUT2D eigenvalue weighted by Gasteiger charge is 2.15. The van der Waals surface area contributed by atoms with E-state index in [2.05, 4.69) is 26.2 Å². The normalized spacial score (nSPS) is 10.2. The van der Waals surface area contributed by atoms with Crippen molar-refractivity contribution in [3.05, 3.63) is 50.9 Å². The van der Waals surface area contributed by atoms with Gasteiger partial charge in [-0.2, -0.15) is 0 Å². The molecule has 1 heterocycles. The Bertz CT molecular complexity index is 567. The van der Waals surface area contributed by atoms with Crippen molar-refractivity contribution in [2.75, 3.05) is 6.54 Å². The number of rotatable bonds is 5. The number of hydrogen-bond acceptors (Lipinski definition) is 4. The fourth-order valence-corrected chi connectivity index (χ4v) is 2.33. The van der Waals surface area contributed by atoms with Crippen molar-refractivity contribution in [2.24, 2.45) is 0 Å². The van der Waals surface area contributed by atoms with Crippen LogP contribution in [-0.4, -0.2) is 23.2 Å². The second kappa shape index (κ2) is 6.58. The number of ketones is 1. The molecule has 0 aliphatic rings. The summed E-state index contributed by atoms with van der Waals surface area (Å²) in [4.78, 5) is 27.6. The van der Waals surface area contributed by atoms with Gasteiger partial charge in [-0.05, 0) is 24.3 Å². The molecule has 0 unspecified atom stereocenters. The lowest BCUT2D eigenvalue weighted by molar-refractivity contribution is -0.116. The SMILES string of the molecule is O=C(NCCc1cscn1)C(=O)c1ccc(Br)cc1. The average molecular weight is 339 g/mol. The Hall–Kier alpha value is -1.53. The molecule has 6 heteroatoms. The van der Waals surface area contributed by atoms with E-state index in [1.54, 1.807) is 29.8 Å². The van der Waals surface area contributed by atoms with Crippen molar-refractivity contribution in [1.82, 2.24) is 10.3 Å². The Kier molecular flexibility index (Phi) is 4.81. The maximum Gasteiger partial charge on any atom is 0.292 e. The average Bonchev–Trinajstić information content (AvgIpc) is 2.92. The molecule has 4 nitrogen and oxygen atoms in total. The summed E-state index contributed by atoms with van der Waals surface area (Å²) >= 11 is 4.79. The molecule has 0 aliphatic heterocycles. The maximum absolute atomic E-state index is 11.8. The number of hydrogen-bond donors (Lipinski definition) is 1. The van der Waals surface area contributed by atoms with Gasteiger partial charge in [0.15, 0.2) is 0 Å². The van der Waals surface area contributed by atoms with E-state index in [1.165, 1.54) is 11.3 Å². The van der Waals surface area contributed by atoms with Crippen LogP contribution in [0.4, 0.5) is 0 Å². The minimum absolute atomic E-state index is 0.384. The van der Waals surface area contributed by atoms with Crippen molar-refractivity contribution >= 4 is 39.0 Å². The van der Waals surface area contributed by atoms with Gasteiger partial charge in [0.25, 0.3) is 5.91 Å². The third-order valence-corrected chi connectivity index (χ3v) is 3.63. The van der Waals surface area contributed by atoms with Gasteiger partial charge in [0, 0.05) is 28.4 Å². The highest BCUT2D eigenvalue weighted by atomic mass is 79.9. The largest absolute Gasteiger partial charge is 0.349 e. The summed E-state index contributed by atoms with van der Waals surface area (Å²) in [6, 6.07) is 6.70. The number of thiazole rings is 1. The first-order valence-corrected chi connectivity index (χ1v) is 7.35. The number of halogens is 1. The van der Waals surface area contributed by atoms with E-state index >= 15 is 0 Å². The van der Waals surface area contributed by atoms with E-state index in [9.17, 15) is 9.59 Å². The molecule has 1 amide bonds. The van der Waals surface area contributed by atoms with Crippen LogP contribution in [0.25, 0.3) is 0 Å². The van der Waals surface area contributed by atoms with Crippen LogP contribution in [0.1, 0.15) is 16.1 Å². The zero-order chi connectivity index (χ0) is 13.7. The summed E-state index contributed by atoms with van der Waals surface area (Å²) in [5.41, 5.74) is 3.04. The van der Waals surface area contributed by atoms with Gasteiger partial charge < -0.3 is 5.32 Å². The van der Waals surface area contributed by atoms with E-state index in [0.29, 0.717) is 18.5 Å². The van der Waals surface area contributed by atoms with Gasteiger partial charge in [-0.15, -0.1) is 11.3 Å². The van der Waals surface area contributed by atoms with Crippen LogP contribution in [0.15, 0.2) is 39.6 Å². The van der Waals surface area contributed by atoms with Crippen LogP contribution in [0.3, 0.4) is 0 Å². The molecule has 1 aromatic heterocycles. The zero-order valence-corrected chi connectivity index (χ0v) is 12.3. The predicted octanol–water partition coefficient (Wildman–Crippen LogP) is 2.45. The van der Waals surface area contributed by atoms with Crippen molar-refractivity contribution in [3.8, 4) is 0 Å². The fraction of sp³-hybridized carbons (Fsp3) is 0.154. The summed E-state index contributed by atoms with van der Waals surface area (Å²) in [5, 5.41) is 4.52. The Morgan fingerprint density at radius 3 is 2.63 bits per heavy atom. The summed E-state index contributed by atoms with van der Waals surface area (Å²) < 4.78 is 0.869. The van der Waals surface area contributed by atoms with Gasteiger partial charge >= 0.3 is 0 Å². The molecule has 0 saturated carbocycles. The number of carbonyl (C=O) groups is 2. The highest BCUT2D eigenvalue weighted by Crippen LogP contribution is 2.11. The molecule has 98 valence electrons. The van der Waals surface area contributed by atoms with E-state index < -0.39 is 11.7 Å². The van der Waals surface area contributed by atoms with Gasteiger partial charge in [0.2, 0.25) is 5.78 Å². The standard InChI is InChI=1S/C13H11BrN2O2S/c14-10-3-1-9(2-4-10)12(17)13(18)15-6-5-11-7-19-8-16-11/h1-4,7-8H,5-6H2,(H,15,18). The van der Waals surface area contributed by atoms with Crippen LogP contribution in [0, 0.1) is 0 Å². The maximum atomic E-state index is 11.8. The summed E-state index contributed by atoms with van der Waals surface area (Å²) in [6.07, 6.45) is 0.628. The quantitative estimate of drug-likeness (QED) is 0.672. The van der Waals surface area contributed by atoms with Crippen LogP contribution in [-0.2, 0) is 11.2 Å². The number of carbonyl (C=O) groups excluding carboxylic acids is 2. The molecule has 0 atom stereocenters. The van der Waals surface area contributed by atoms with E-state index in [4.69, 9.17) is 0 Å². The first kappa shape index (κ1) is 13.9. The molecular formula is C13H11BrN2O2S. The molecule has 2 aromatic rings. The van der Waals surface area contributed by atoms with E-state index in [1.807, 2.05) is 5.38 Å². The summed E-state index contributed by atoms with van der Waals surface area (Å²) in [7, 11) is 0. The molecule has 0 fully saturated rings. The van der Waals surface area contributed by atoms with E-state index in [-0.39, 0.29) is 0 Å². The Morgan fingerprint density at radius 1 is 1.26 bits per heavy atom. The van der Waals surface area contributed by atoms with Gasteiger partial charge in [-0.1, -0.05) is 15.9 Å². The molecule has 0 bridgehead atoms. The van der Waals surface area contributed by atoms with Crippen LogP contribution in [0.2, 0.25) is 0 Å². The predicted molar refractivity (Wildman–Crippen MR) is 77.3 cm³/mol. The lowest BCUT2D eigenvalue weighted by Gasteiger charge is -2.03. The highest BCUT2D eigenvalue weighted by molar-refractivity contribution is 9.10. The number of aromatic nitrogens is 1. The lowest BCUT2D eigenvalue weighted by atomic mass is 10.1. The lowest BCUT2D eigenvalue weighted by Crippen LogP contribution is -2.32. The Balaban J connectivity index is 1.85. The van der Waals surface area contributed by atoms with Crippen LogP contribution >= 0.6 is 27.3 Å². The molecular weight excluding hydrogens is 328 g/mol. The minimum atomic E-state index is -0.586. The topological polar surface area (TPSA) is 59.1 Å². The molecule has 0 radical (unpaired) electrons. The monoisotopic (exact) mass is 338 g/mol. The van der Waals surface area contributed by atoms with Gasteiger partial charge in [0.05, 0.1) is 11.2 Å². The van der Waals surface area contributed by atoms with E-state index in [0.717, 1.165) is 10.2 Å². The van der Waals surface area contributed by atoms with Crippen LogP contribution < -0.4 is 5.32 Å². The summed E-state index contributed by atoms with van der Waals surface area (Å²) in [6.45, 7) is 0.408. The molecule has 1 N–H and O–H groups in total. The van der Waals surface area contributed by atoms with Crippen molar-refractivity contribution in [1.29, 1.82) is 0 Å². The minimum Gasteiger partial charge on any atom is -0.349 e. The summed E-state index contributed by atoms with van der Waals surface area (Å²) in [5.74, 6) is -1.11. The van der Waals surface area contributed by atoms with Crippen molar-refractivity contribution in [3.63, 3.8) is 0 Å². The van der Waals surface area contributed by atoms with Gasteiger partial charge in [-0.3, -0.25) is 9.59 Å². The van der Waals surface area contributed by atoms with Crippen LogP contribution in [0.5, 0.6) is 0 Å². The molecule has 0 saturated heterocycles. The first-order valence-electron chi connectivity index (χ1n) is 5.62. The van der Waals surface area contributed by atoms with Crippen molar-refractivity contribution < 1.29 is 9.59 Å². The molecule has 0 spiro atoms. The Morgan fingerprint density at radius 2 is 2.00 bits per heavy atom. The third-order valence-electron chi connectivity index (χ3n) is 2.46. The number of nitrogens with one attached hydrogen (secondary N) is 1. The second-order valence-electron chi connectivity index (χ2n) is 3.82. The molecule has 2 rings (SSSR count). The number of Topliss-reactive ketones (excluding diaryl/α,β-unsaturated/α-hetero) is 1. The number of nitrogens with zero attached hydrogens (tertiary/aromatic N) is 1. The second-order valence-corrected chi connectivity index (χ2v) is 5.46. The van der Waals surface area contributed by atoms with Crippen molar-refractivity contribution in [2.45, 2.75) is 6.42 Å². The zero-order valence-electron chi connectivity index (χ0n) is 9.93. The molecule has 1 aromatic carbocycles. The van der Waals surface area contributed by atoms with Gasteiger partial charge in [-0.25, -0.2) is 4.98 Å². The number of amides is 1. The number of benzene rings is 1. The molecule has 19 heavy (non-hydrogen) atoms. The molecule has 0 aliphatic carbocycles. The fourth-order valence-electron chi connectivity index (χ4n) is 1.48.